The van der Waals surface area contributed by atoms with E-state index in [-0.39, 0.29) is 11.9 Å². The Labute approximate surface area is 161 Å². The fourth-order valence-corrected chi connectivity index (χ4v) is 3.47. The average Bonchev–Trinajstić information content (AvgIpc) is 3.23. The number of hydrogen-bond acceptors (Lipinski definition) is 4. The van der Waals surface area contributed by atoms with Gasteiger partial charge in [0.25, 0.3) is 0 Å². The van der Waals surface area contributed by atoms with Gasteiger partial charge in [0, 0.05) is 42.9 Å². The molecule has 7 nitrogen and oxygen atoms in total. The van der Waals surface area contributed by atoms with Crippen molar-refractivity contribution in [2.45, 2.75) is 31.7 Å². The lowest BCUT2D eigenvalue weighted by atomic mass is 10.2. The zero-order chi connectivity index (χ0) is 19.1. The number of anilines is 1. The summed E-state index contributed by atoms with van der Waals surface area (Å²) in [6.45, 7) is 0.692. The van der Waals surface area contributed by atoms with Gasteiger partial charge < -0.3 is 10.1 Å². The Balaban J connectivity index is 1.37. The highest BCUT2D eigenvalue weighted by Gasteiger charge is 2.24. The van der Waals surface area contributed by atoms with E-state index in [4.69, 9.17) is 4.74 Å². The summed E-state index contributed by atoms with van der Waals surface area (Å²) in [5.41, 5.74) is 0.837. The van der Waals surface area contributed by atoms with Crippen LogP contribution in [0.4, 0.5) is 10.6 Å². The lowest BCUT2D eigenvalue weighted by Crippen LogP contribution is -2.29. The highest BCUT2D eigenvalue weighted by Crippen LogP contribution is 2.29. The first-order valence-electron chi connectivity index (χ1n) is 9.54. The molecule has 0 bridgehead atoms. The molecule has 2 amide bonds. The predicted octanol–water partition coefficient (Wildman–Crippen LogP) is 3.68. The third-order valence-electron chi connectivity index (χ3n) is 5.09. The Kier molecular flexibility index (Phi) is 4.00. The summed E-state index contributed by atoms with van der Waals surface area (Å²) in [6.07, 6.45) is 6.95. The van der Waals surface area contributed by atoms with Crippen LogP contribution in [0.5, 0.6) is 11.5 Å². The summed E-state index contributed by atoms with van der Waals surface area (Å²) in [6, 6.07) is 11.3. The van der Waals surface area contributed by atoms with Crippen LogP contribution in [-0.4, -0.2) is 34.1 Å². The smallest absolute Gasteiger partial charge is 0.326 e. The normalized spacial score (nSPS) is 16.6. The first-order valence-corrected chi connectivity index (χ1v) is 9.54. The van der Waals surface area contributed by atoms with Crippen LogP contribution >= 0.6 is 0 Å². The maximum Gasteiger partial charge on any atom is 0.326 e. The molecule has 2 aromatic heterocycles. The quantitative estimate of drug-likeness (QED) is 0.754. The van der Waals surface area contributed by atoms with E-state index in [0.29, 0.717) is 36.3 Å². The molecule has 0 unspecified atom stereocenters. The number of hydrogen-bond donors (Lipinski definition) is 1. The number of fused-ring (bicyclic) bond motifs is 1. The molecule has 3 aromatic rings. The minimum Gasteiger partial charge on any atom is -0.457 e. The largest absolute Gasteiger partial charge is 0.457 e. The third kappa shape index (κ3) is 3.19. The van der Waals surface area contributed by atoms with E-state index in [1.165, 1.54) is 0 Å². The molecule has 0 radical (unpaired) electrons. The Bertz CT molecular complexity index is 1070. The number of nitrogens with zero attached hydrogens (tertiary/aromatic N) is 3. The number of nitrogens with one attached hydrogen (secondary N) is 1. The molecular formula is C21H20N4O3. The molecule has 7 heteroatoms. The Morgan fingerprint density at radius 3 is 2.79 bits per heavy atom. The minimum absolute atomic E-state index is 0.0943. The number of aromatic nitrogens is 2. The molecule has 1 aromatic carbocycles. The van der Waals surface area contributed by atoms with E-state index >= 15 is 0 Å². The van der Waals surface area contributed by atoms with Gasteiger partial charge >= 0.3 is 6.03 Å². The van der Waals surface area contributed by atoms with E-state index in [9.17, 15) is 9.59 Å². The molecule has 5 rings (SSSR count). The minimum atomic E-state index is -0.0970. The van der Waals surface area contributed by atoms with Gasteiger partial charge in [-0.25, -0.2) is 9.78 Å². The van der Waals surface area contributed by atoms with Gasteiger partial charge in [-0.2, -0.15) is 0 Å². The third-order valence-corrected chi connectivity index (χ3v) is 5.09. The Morgan fingerprint density at radius 2 is 2.00 bits per heavy atom. The van der Waals surface area contributed by atoms with Crippen LogP contribution in [0.25, 0.3) is 10.9 Å². The molecule has 0 atom stereocenters. The van der Waals surface area contributed by atoms with E-state index in [1.54, 1.807) is 34.0 Å². The number of ether oxygens (including phenoxy) is 1. The van der Waals surface area contributed by atoms with Gasteiger partial charge in [-0.05, 0) is 49.6 Å². The maximum atomic E-state index is 12.3. The summed E-state index contributed by atoms with van der Waals surface area (Å²) in [5, 5.41) is 3.92. The maximum absolute atomic E-state index is 12.3. The second-order valence-corrected chi connectivity index (χ2v) is 7.23. The van der Waals surface area contributed by atoms with Crippen molar-refractivity contribution in [3.05, 3.63) is 48.8 Å². The van der Waals surface area contributed by atoms with Crippen LogP contribution in [-0.2, 0) is 4.79 Å². The summed E-state index contributed by atoms with van der Waals surface area (Å²) >= 11 is 0. The van der Waals surface area contributed by atoms with Gasteiger partial charge in [0.1, 0.15) is 17.3 Å². The lowest BCUT2D eigenvalue weighted by molar-refractivity contribution is -0.117. The standard InChI is InChI=1S/C21H20N4O3/c26-20-2-1-10-25(20)19-13-17(7-9-22-19)28-16-5-6-18-14(12-16)8-11-24(18)21(27)23-15-3-4-15/h5-9,11-13,15H,1-4,10H2,(H,23,27). The van der Waals surface area contributed by atoms with Crippen LogP contribution in [0.2, 0.25) is 0 Å². The van der Waals surface area contributed by atoms with Crippen LogP contribution in [0.1, 0.15) is 25.7 Å². The summed E-state index contributed by atoms with van der Waals surface area (Å²) in [4.78, 5) is 30.2. The first-order chi connectivity index (χ1) is 13.7. The van der Waals surface area contributed by atoms with Crippen molar-refractivity contribution in [3.8, 4) is 11.5 Å². The molecule has 142 valence electrons. The van der Waals surface area contributed by atoms with E-state index in [0.717, 1.165) is 30.2 Å². The molecule has 2 aliphatic rings. The number of carbonyl (C=O) groups is 2. The van der Waals surface area contributed by atoms with Crippen molar-refractivity contribution < 1.29 is 14.3 Å². The van der Waals surface area contributed by atoms with Gasteiger partial charge in [-0.3, -0.25) is 14.3 Å². The number of pyridine rings is 1. The Morgan fingerprint density at radius 1 is 1.14 bits per heavy atom. The van der Waals surface area contributed by atoms with Crippen LogP contribution in [0.3, 0.4) is 0 Å². The first kappa shape index (κ1) is 16.8. The van der Waals surface area contributed by atoms with Crippen molar-refractivity contribution in [1.29, 1.82) is 0 Å². The summed E-state index contributed by atoms with van der Waals surface area (Å²) in [7, 11) is 0. The molecular weight excluding hydrogens is 356 g/mol. The van der Waals surface area contributed by atoms with E-state index in [2.05, 4.69) is 10.3 Å². The van der Waals surface area contributed by atoms with Crippen molar-refractivity contribution in [2.75, 3.05) is 11.4 Å². The molecule has 28 heavy (non-hydrogen) atoms. The van der Waals surface area contributed by atoms with Gasteiger partial charge in [-0.1, -0.05) is 0 Å². The van der Waals surface area contributed by atoms with Crippen molar-refractivity contribution in [3.63, 3.8) is 0 Å². The van der Waals surface area contributed by atoms with Crippen LogP contribution in [0, 0.1) is 0 Å². The molecule has 1 aliphatic carbocycles. The van der Waals surface area contributed by atoms with Crippen molar-refractivity contribution in [1.82, 2.24) is 14.9 Å². The molecule has 0 spiro atoms. The summed E-state index contributed by atoms with van der Waals surface area (Å²) in [5.74, 6) is 1.99. The monoisotopic (exact) mass is 376 g/mol. The highest BCUT2D eigenvalue weighted by atomic mass is 16.5. The number of rotatable bonds is 4. The molecule has 2 fully saturated rings. The SMILES string of the molecule is O=C1CCCN1c1cc(Oc2ccc3c(ccn3C(=O)NC3CC3)c2)ccn1. The van der Waals surface area contributed by atoms with Crippen LogP contribution in [0.15, 0.2) is 48.8 Å². The fraction of sp³-hybridized carbons (Fsp3) is 0.286. The van der Waals surface area contributed by atoms with E-state index < -0.39 is 0 Å². The molecule has 1 N–H and O–H groups in total. The number of amides is 2. The molecule has 1 aliphatic heterocycles. The molecule has 1 saturated heterocycles. The number of carbonyl (C=O) groups excluding carboxylic acids is 2. The van der Waals surface area contributed by atoms with Crippen molar-refractivity contribution >= 4 is 28.7 Å². The molecule has 3 heterocycles. The zero-order valence-corrected chi connectivity index (χ0v) is 15.3. The fourth-order valence-electron chi connectivity index (χ4n) is 3.47. The summed E-state index contributed by atoms with van der Waals surface area (Å²) < 4.78 is 7.60. The van der Waals surface area contributed by atoms with Gasteiger partial charge in [0.05, 0.1) is 5.52 Å². The zero-order valence-electron chi connectivity index (χ0n) is 15.3. The van der Waals surface area contributed by atoms with Gasteiger partial charge in [0.15, 0.2) is 0 Å². The number of benzene rings is 1. The van der Waals surface area contributed by atoms with Crippen LogP contribution < -0.4 is 15.0 Å². The topological polar surface area (TPSA) is 76.5 Å². The Hall–Kier alpha value is -3.35. The molecule has 1 saturated carbocycles. The van der Waals surface area contributed by atoms with E-state index in [1.807, 2.05) is 24.3 Å². The van der Waals surface area contributed by atoms with Crippen molar-refractivity contribution in [2.24, 2.45) is 0 Å². The second-order valence-electron chi connectivity index (χ2n) is 7.23. The van der Waals surface area contributed by atoms with Gasteiger partial charge in [0.2, 0.25) is 5.91 Å². The lowest BCUT2D eigenvalue weighted by Gasteiger charge is -2.15. The average molecular weight is 376 g/mol. The highest BCUT2D eigenvalue weighted by molar-refractivity contribution is 5.94. The second kappa shape index (κ2) is 6.67. The predicted molar refractivity (Wildman–Crippen MR) is 105 cm³/mol. The van der Waals surface area contributed by atoms with Gasteiger partial charge in [-0.15, -0.1) is 0 Å².